The van der Waals surface area contributed by atoms with E-state index < -0.39 is 33.2 Å². The number of carbonyl (C=O) groups is 2. The standard InChI is InChI=1S/C34H41F3N4O5S/c1-24-20-26-11-10-25(24)12-19-47(44,45)41-16-13-33(14-17-41)32(43)38-30(39-33)27-21-28(34(35,36)37)23-29(22-27)46-18-9-7-5-3-4-6-8-15-40(2)31(26)42/h5,7,10-11,20-23H,3-4,6,8-9,12-19H2,1-2H3,(H,38,39,43). The zero-order chi connectivity index (χ0) is 33.8. The molecule has 47 heavy (non-hydrogen) atoms. The summed E-state index contributed by atoms with van der Waals surface area (Å²) in [5, 5.41) is 2.65. The lowest BCUT2D eigenvalue weighted by Gasteiger charge is -2.34. The quantitative estimate of drug-likeness (QED) is 0.384. The molecule has 0 atom stereocenters. The summed E-state index contributed by atoms with van der Waals surface area (Å²) >= 11 is 0. The first kappa shape index (κ1) is 34.6. The maximum absolute atomic E-state index is 13.8. The number of nitrogens with one attached hydrogen (secondary N) is 1. The fourth-order valence-corrected chi connectivity index (χ4v) is 7.65. The van der Waals surface area contributed by atoms with E-state index in [0.29, 0.717) is 18.5 Å². The number of sulfonamides is 1. The highest BCUT2D eigenvalue weighted by atomic mass is 32.2. The fraction of sp³-hybridized carbons (Fsp3) is 0.500. The third-order valence-corrected chi connectivity index (χ3v) is 11.0. The van der Waals surface area contributed by atoms with Gasteiger partial charge in [0.05, 0.1) is 17.9 Å². The van der Waals surface area contributed by atoms with Crippen LogP contribution in [0.1, 0.15) is 77.6 Å². The van der Waals surface area contributed by atoms with Crippen LogP contribution in [0.15, 0.2) is 53.5 Å². The lowest BCUT2D eigenvalue weighted by atomic mass is 9.89. The van der Waals surface area contributed by atoms with Gasteiger partial charge in [0.2, 0.25) is 10.0 Å². The van der Waals surface area contributed by atoms with Crippen LogP contribution in [0.25, 0.3) is 0 Å². The predicted octanol–water partition coefficient (Wildman–Crippen LogP) is 5.27. The first-order valence-corrected chi connectivity index (χ1v) is 17.6. The number of hydrogen-bond acceptors (Lipinski definition) is 6. The number of ether oxygens (including phenoxy) is 1. The number of carbonyl (C=O) groups excluding carboxylic acids is 2. The minimum atomic E-state index is -4.64. The fourth-order valence-electron chi connectivity index (χ4n) is 6.18. The Morgan fingerprint density at radius 1 is 0.936 bits per heavy atom. The molecular formula is C34H41F3N4O5S. The van der Waals surface area contributed by atoms with Gasteiger partial charge in [-0.25, -0.2) is 12.7 Å². The number of piperidine rings is 1. The van der Waals surface area contributed by atoms with Crippen LogP contribution in [0.5, 0.6) is 5.75 Å². The van der Waals surface area contributed by atoms with E-state index in [1.807, 2.05) is 25.1 Å². The molecule has 9 nitrogen and oxygen atoms in total. The first-order chi connectivity index (χ1) is 22.3. The molecule has 1 spiro atoms. The summed E-state index contributed by atoms with van der Waals surface area (Å²) in [6, 6.07) is 8.65. The van der Waals surface area contributed by atoms with Gasteiger partial charge >= 0.3 is 6.18 Å². The summed E-state index contributed by atoms with van der Waals surface area (Å²) in [5.74, 6) is -0.666. The molecule has 0 saturated carbocycles. The Bertz CT molecular complexity index is 1660. The number of halogens is 3. The van der Waals surface area contributed by atoms with E-state index in [-0.39, 0.29) is 67.8 Å². The van der Waals surface area contributed by atoms with Gasteiger partial charge in [-0.05, 0) is 93.3 Å². The summed E-state index contributed by atoms with van der Waals surface area (Å²) in [5.41, 5.74) is 0.118. The number of amides is 2. The largest absolute Gasteiger partial charge is 0.493 e. The summed E-state index contributed by atoms with van der Waals surface area (Å²) in [6.45, 7) is 2.74. The van der Waals surface area contributed by atoms with E-state index in [1.54, 1.807) is 24.1 Å². The zero-order valence-electron chi connectivity index (χ0n) is 26.7. The number of fused-ring (bicyclic) bond motifs is 2. The van der Waals surface area contributed by atoms with E-state index in [9.17, 15) is 31.2 Å². The Morgan fingerprint density at radius 3 is 2.40 bits per heavy atom. The smallest absolute Gasteiger partial charge is 0.416 e. The molecule has 7 rings (SSSR count). The zero-order valence-corrected chi connectivity index (χ0v) is 27.6. The van der Waals surface area contributed by atoms with Gasteiger partial charge in [-0.2, -0.15) is 13.2 Å². The van der Waals surface area contributed by atoms with Crippen molar-refractivity contribution in [1.29, 1.82) is 0 Å². The van der Waals surface area contributed by atoms with Crippen molar-refractivity contribution in [2.24, 2.45) is 4.99 Å². The average Bonchev–Trinajstić information content (AvgIpc) is 3.34. The third-order valence-electron chi connectivity index (χ3n) is 9.08. The Hall–Kier alpha value is -3.71. The number of allylic oxidation sites excluding steroid dienone is 1. The van der Waals surface area contributed by atoms with Crippen LogP contribution in [0.3, 0.4) is 0 Å². The number of benzene rings is 2. The van der Waals surface area contributed by atoms with Crippen molar-refractivity contribution in [3.05, 3.63) is 76.4 Å². The normalized spacial score (nSPS) is 24.7. The molecule has 5 aliphatic heterocycles. The highest BCUT2D eigenvalue weighted by molar-refractivity contribution is 7.89. The van der Waals surface area contributed by atoms with Gasteiger partial charge in [0, 0.05) is 37.8 Å². The molecule has 1 N–H and O–H groups in total. The van der Waals surface area contributed by atoms with E-state index in [0.717, 1.165) is 48.9 Å². The van der Waals surface area contributed by atoms with Crippen molar-refractivity contribution < 1.29 is 35.9 Å². The molecule has 0 aliphatic carbocycles. The van der Waals surface area contributed by atoms with Crippen molar-refractivity contribution in [2.45, 2.75) is 70.0 Å². The van der Waals surface area contributed by atoms with Crippen LogP contribution in [-0.2, 0) is 27.4 Å². The van der Waals surface area contributed by atoms with E-state index in [4.69, 9.17) is 4.74 Å². The van der Waals surface area contributed by atoms with Gasteiger partial charge in [0.1, 0.15) is 17.1 Å². The first-order valence-electron chi connectivity index (χ1n) is 16.0. The molecular weight excluding hydrogens is 633 g/mol. The average molecular weight is 675 g/mol. The van der Waals surface area contributed by atoms with Crippen LogP contribution >= 0.6 is 0 Å². The molecule has 5 heterocycles. The number of rotatable bonds is 0. The predicted molar refractivity (Wildman–Crippen MR) is 173 cm³/mol. The van der Waals surface area contributed by atoms with Crippen molar-refractivity contribution in [3.63, 3.8) is 0 Å². The summed E-state index contributed by atoms with van der Waals surface area (Å²) < 4.78 is 75.1. The Balaban J connectivity index is 1.38. The van der Waals surface area contributed by atoms with Gasteiger partial charge in [-0.15, -0.1) is 0 Å². The maximum atomic E-state index is 13.8. The molecule has 2 amide bonds. The summed E-state index contributed by atoms with van der Waals surface area (Å²) in [7, 11) is -1.91. The van der Waals surface area contributed by atoms with Crippen LogP contribution in [-0.4, -0.2) is 79.9 Å². The molecule has 254 valence electrons. The van der Waals surface area contributed by atoms with Crippen molar-refractivity contribution in [2.75, 3.05) is 39.0 Å². The summed E-state index contributed by atoms with van der Waals surface area (Å²) in [4.78, 5) is 32.4. The Kier molecular flexibility index (Phi) is 10.4. The van der Waals surface area contributed by atoms with Crippen molar-refractivity contribution >= 4 is 27.7 Å². The molecule has 1 fully saturated rings. The van der Waals surface area contributed by atoms with Gasteiger partial charge < -0.3 is 15.0 Å². The Morgan fingerprint density at radius 2 is 1.68 bits per heavy atom. The Labute approximate surface area is 273 Å². The number of hydrogen-bond donors (Lipinski definition) is 1. The minimum absolute atomic E-state index is 0.0125. The van der Waals surface area contributed by atoms with Crippen LogP contribution < -0.4 is 10.1 Å². The minimum Gasteiger partial charge on any atom is -0.493 e. The molecule has 5 aliphatic rings. The second-order valence-electron chi connectivity index (χ2n) is 12.5. The number of aryl methyl sites for hydroxylation is 2. The number of alkyl halides is 3. The highest BCUT2D eigenvalue weighted by Crippen LogP contribution is 2.36. The molecule has 0 radical (unpaired) electrons. The van der Waals surface area contributed by atoms with Crippen LogP contribution in [0.2, 0.25) is 0 Å². The number of aliphatic imine (C=N–C) groups is 1. The lowest BCUT2D eigenvalue weighted by molar-refractivity contribution is -0.137. The van der Waals surface area contributed by atoms with Crippen LogP contribution in [0.4, 0.5) is 13.2 Å². The summed E-state index contributed by atoms with van der Waals surface area (Å²) in [6.07, 6.45) is 3.80. The molecule has 13 heteroatoms. The SMILES string of the molecule is Cc1cc2ccc1CCS(=O)(=O)N1CCC3(CC1)N=C(NC3=O)c1cc(cc(C(F)(F)F)c1)OCCC=CCCCCCN(C)C2=O. The maximum Gasteiger partial charge on any atom is 0.416 e. The molecule has 7 bridgehead atoms. The molecule has 2 aromatic carbocycles. The number of amidine groups is 1. The van der Waals surface area contributed by atoms with E-state index in [2.05, 4.69) is 10.3 Å². The van der Waals surface area contributed by atoms with Crippen LogP contribution in [0, 0.1) is 6.92 Å². The van der Waals surface area contributed by atoms with E-state index >= 15 is 0 Å². The second kappa shape index (κ2) is 14.2. The monoisotopic (exact) mass is 674 g/mol. The van der Waals surface area contributed by atoms with Crippen molar-refractivity contribution in [1.82, 2.24) is 14.5 Å². The highest BCUT2D eigenvalue weighted by Gasteiger charge is 2.47. The molecule has 0 unspecified atom stereocenters. The van der Waals surface area contributed by atoms with Gasteiger partial charge in [-0.1, -0.05) is 24.6 Å². The van der Waals surface area contributed by atoms with Gasteiger partial charge in [0.15, 0.2) is 0 Å². The molecule has 2 aromatic rings. The lowest BCUT2D eigenvalue weighted by Crippen LogP contribution is -2.50. The molecule has 0 aromatic heterocycles. The third kappa shape index (κ3) is 8.24. The second-order valence-corrected chi connectivity index (χ2v) is 14.6. The van der Waals surface area contributed by atoms with E-state index in [1.165, 1.54) is 10.4 Å². The van der Waals surface area contributed by atoms with Gasteiger partial charge in [0.25, 0.3) is 11.8 Å². The van der Waals surface area contributed by atoms with Crippen molar-refractivity contribution in [3.8, 4) is 5.75 Å². The van der Waals surface area contributed by atoms with Gasteiger partial charge in [-0.3, -0.25) is 14.6 Å². The topological polar surface area (TPSA) is 108 Å². The molecule has 1 saturated heterocycles. The number of nitrogens with zero attached hydrogens (tertiary/aromatic N) is 3.